The van der Waals surface area contributed by atoms with E-state index in [1.807, 2.05) is 12.1 Å². The predicted molar refractivity (Wildman–Crippen MR) is 66.0 cm³/mol. The molecule has 3 nitrogen and oxygen atoms in total. The van der Waals surface area contributed by atoms with E-state index in [1.54, 1.807) is 0 Å². The monoisotopic (exact) mass is 233 g/mol. The maximum absolute atomic E-state index is 10.00. The summed E-state index contributed by atoms with van der Waals surface area (Å²) in [4.78, 5) is 2.38. The molecule has 0 unspecified atom stereocenters. The second-order valence-electron chi connectivity index (χ2n) is 4.99. The van der Waals surface area contributed by atoms with Crippen molar-refractivity contribution in [2.45, 2.75) is 38.0 Å². The number of aliphatic hydroxyl groups is 1. The van der Waals surface area contributed by atoms with Crippen molar-refractivity contribution in [2.75, 3.05) is 13.2 Å². The third-order valence-electron chi connectivity index (χ3n) is 3.90. The molecule has 1 N–H and O–H groups in total. The molecule has 3 heteroatoms. The van der Waals surface area contributed by atoms with Crippen LogP contribution in [0.4, 0.5) is 0 Å². The average Bonchev–Trinajstić information content (AvgIpc) is 2.65. The van der Waals surface area contributed by atoms with Crippen molar-refractivity contribution in [1.29, 1.82) is 0 Å². The van der Waals surface area contributed by atoms with E-state index in [4.69, 9.17) is 4.74 Å². The first kappa shape index (κ1) is 11.1. The molecule has 1 heterocycles. The van der Waals surface area contributed by atoms with Gasteiger partial charge in [0, 0.05) is 24.7 Å². The first-order chi connectivity index (χ1) is 8.34. The Morgan fingerprint density at radius 3 is 2.94 bits per heavy atom. The van der Waals surface area contributed by atoms with Crippen LogP contribution in [0.3, 0.4) is 0 Å². The van der Waals surface area contributed by atoms with Crippen molar-refractivity contribution in [2.24, 2.45) is 0 Å². The normalized spacial score (nSPS) is 29.5. The van der Waals surface area contributed by atoms with Crippen molar-refractivity contribution < 1.29 is 9.84 Å². The molecule has 1 aliphatic carbocycles. The number of aliphatic hydroxyl groups excluding tert-OH is 1. The maximum Gasteiger partial charge on any atom is 0.123 e. The third kappa shape index (κ3) is 2.17. The topological polar surface area (TPSA) is 32.7 Å². The summed E-state index contributed by atoms with van der Waals surface area (Å²) in [5.74, 6) is 1.00. The largest absolute Gasteiger partial charge is 0.492 e. The van der Waals surface area contributed by atoms with Crippen LogP contribution >= 0.6 is 0 Å². The molecule has 17 heavy (non-hydrogen) atoms. The quantitative estimate of drug-likeness (QED) is 0.802. The van der Waals surface area contributed by atoms with Crippen molar-refractivity contribution in [3.63, 3.8) is 0 Å². The van der Waals surface area contributed by atoms with Crippen LogP contribution in [-0.4, -0.2) is 35.3 Å². The zero-order valence-corrected chi connectivity index (χ0v) is 10.0. The zero-order valence-electron chi connectivity index (χ0n) is 10.0. The van der Waals surface area contributed by atoms with Crippen LogP contribution in [0.2, 0.25) is 0 Å². The SMILES string of the molecule is O[C@H]1CCC[C@@H]1N1CCOc2ccccc2C1. The molecule has 0 saturated heterocycles. The molecule has 0 radical (unpaired) electrons. The number of fused-ring (bicyclic) bond motifs is 1. The van der Waals surface area contributed by atoms with Gasteiger partial charge in [0.2, 0.25) is 0 Å². The maximum atomic E-state index is 10.00. The van der Waals surface area contributed by atoms with Crippen molar-refractivity contribution in [1.82, 2.24) is 4.90 Å². The molecule has 2 aliphatic rings. The molecule has 1 fully saturated rings. The molecular weight excluding hydrogens is 214 g/mol. The van der Waals surface area contributed by atoms with Crippen LogP contribution in [0.5, 0.6) is 5.75 Å². The van der Waals surface area contributed by atoms with Crippen molar-refractivity contribution >= 4 is 0 Å². The summed E-state index contributed by atoms with van der Waals surface area (Å²) < 4.78 is 5.75. The number of benzene rings is 1. The summed E-state index contributed by atoms with van der Waals surface area (Å²) in [7, 11) is 0. The lowest BCUT2D eigenvalue weighted by Gasteiger charge is -2.29. The van der Waals surface area contributed by atoms with Gasteiger partial charge >= 0.3 is 0 Å². The molecule has 0 aromatic heterocycles. The first-order valence-corrected chi connectivity index (χ1v) is 6.47. The van der Waals surface area contributed by atoms with Crippen molar-refractivity contribution in [3.05, 3.63) is 29.8 Å². The number of hydrogen-bond acceptors (Lipinski definition) is 3. The van der Waals surface area contributed by atoms with Gasteiger partial charge in [0.25, 0.3) is 0 Å². The first-order valence-electron chi connectivity index (χ1n) is 6.47. The number of ether oxygens (including phenoxy) is 1. The zero-order chi connectivity index (χ0) is 11.7. The highest BCUT2D eigenvalue weighted by Gasteiger charge is 2.31. The van der Waals surface area contributed by atoms with E-state index in [2.05, 4.69) is 17.0 Å². The smallest absolute Gasteiger partial charge is 0.123 e. The lowest BCUT2D eigenvalue weighted by atomic mass is 10.1. The number of rotatable bonds is 1. The highest BCUT2D eigenvalue weighted by Crippen LogP contribution is 2.29. The minimum absolute atomic E-state index is 0.153. The molecule has 1 aromatic rings. The van der Waals surface area contributed by atoms with Gasteiger partial charge < -0.3 is 9.84 Å². The summed E-state index contributed by atoms with van der Waals surface area (Å²) in [5.41, 5.74) is 1.24. The van der Waals surface area contributed by atoms with E-state index in [1.165, 1.54) is 5.56 Å². The highest BCUT2D eigenvalue weighted by molar-refractivity contribution is 5.33. The fourth-order valence-corrected chi connectivity index (χ4v) is 2.98. The van der Waals surface area contributed by atoms with Gasteiger partial charge in [0.15, 0.2) is 0 Å². The van der Waals surface area contributed by atoms with Crippen molar-refractivity contribution in [3.8, 4) is 5.75 Å². The second kappa shape index (κ2) is 4.67. The Bertz CT molecular complexity index is 394. The van der Waals surface area contributed by atoms with E-state index in [9.17, 15) is 5.11 Å². The molecule has 0 spiro atoms. The molecule has 1 aromatic carbocycles. The van der Waals surface area contributed by atoms with Crippen LogP contribution in [0, 0.1) is 0 Å². The summed E-state index contributed by atoms with van der Waals surface area (Å²) in [6, 6.07) is 8.54. The van der Waals surface area contributed by atoms with Crippen LogP contribution in [0.15, 0.2) is 24.3 Å². The number of nitrogens with zero attached hydrogens (tertiary/aromatic N) is 1. The Morgan fingerprint density at radius 2 is 2.12 bits per heavy atom. The average molecular weight is 233 g/mol. The molecule has 0 amide bonds. The Morgan fingerprint density at radius 1 is 1.24 bits per heavy atom. The van der Waals surface area contributed by atoms with E-state index in [0.29, 0.717) is 6.04 Å². The fraction of sp³-hybridized carbons (Fsp3) is 0.571. The van der Waals surface area contributed by atoms with E-state index >= 15 is 0 Å². The predicted octanol–water partition coefficient (Wildman–Crippen LogP) is 1.79. The summed E-state index contributed by atoms with van der Waals surface area (Å²) in [6.07, 6.45) is 3.05. The van der Waals surface area contributed by atoms with Gasteiger partial charge in [0.1, 0.15) is 12.4 Å². The Balaban J connectivity index is 1.80. The van der Waals surface area contributed by atoms with Gasteiger partial charge in [0.05, 0.1) is 6.10 Å². The molecule has 3 rings (SSSR count). The number of para-hydroxylation sites is 1. The van der Waals surface area contributed by atoms with Crippen LogP contribution in [-0.2, 0) is 6.54 Å². The Labute approximate surface area is 102 Å². The molecule has 1 aliphatic heterocycles. The van der Waals surface area contributed by atoms with Crippen LogP contribution in [0.1, 0.15) is 24.8 Å². The third-order valence-corrected chi connectivity index (χ3v) is 3.90. The number of hydrogen-bond donors (Lipinski definition) is 1. The van der Waals surface area contributed by atoms with E-state index < -0.39 is 0 Å². The fourth-order valence-electron chi connectivity index (χ4n) is 2.98. The van der Waals surface area contributed by atoms with Gasteiger partial charge in [-0.15, -0.1) is 0 Å². The Kier molecular flexibility index (Phi) is 3.04. The molecule has 2 atom stereocenters. The van der Waals surface area contributed by atoms with Gasteiger partial charge in [-0.3, -0.25) is 4.90 Å². The molecule has 0 bridgehead atoms. The highest BCUT2D eigenvalue weighted by atomic mass is 16.5. The van der Waals surface area contributed by atoms with Crippen LogP contribution < -0.4 is 4.74 Å². The summed E-state index contributed by atoms with van der Waals surface area (Å²) in [5, 5.41) is 10.00. The minimum atomic E-state index is -0.153. The lowest BCUT2D eigenvalue weighted by molar-refractivity contribution is 0.0626. The Hall–Kier alpha value is -1.06. The van der Waals surface area contributed by atoms with Gasteiger partial charge in [-0.2, -0.15) is 0 Å². The standard InChI is InChI=1S/C14H19NO2/c16-13-6-3-5-12(13)15-8-9-17-14-7-2-1-4-11(14)10-15/h1-2,4,7,12-13,16H,3,5-6,8-10H2/t12-,13-/m0/s1. The molecule has 92 valence electrons. The second-order valence-corrected chi connectivity index (χ2v) is 4.99. The van der Waals surface area contributed by atoms with E-state index in [0.717, 1.165) is 44.7 Å². The van der Waals surface area contributed by atoms with Gasteiger partial charge in [-0.1, -0.05) is 18.2 Å². The molecular formula is C14H19NO2. The van der Waals surface area contributed by atoms with Gasteiger partial charge in [-0.25, -0.2) is 0 Å². The lowest BCUT2D eigenvalue weighted by Crippen LogP contribution is -2.41. The summed E-state index contributed by atoms with van der Waals surface area (Å²) >= 11 is 0. The van der Waals surface area contributed by atoms with Crippen LogP contribution in [0.25, 0.3) is 0 Å². The van der Waals surface area contributed by atoms with E-state index in [-0.39, 0.29) is 6.10 Å². The molecule has 1 saturated carbocycles. The minimum Gasteiger partial charge on any atom is -0.492 e. The summed E-state index contributed by atoms with van der Waals surface area (Å²) in [6.45, 7) is 2.54. The van der Waals surface area contributed by atoms with Gasteiger partial charge in [-0.05, 0) is 25.3 Å².